The maximum Gasteiger partial charge on any atom is 0.220 e. The molecule has 5 nitrogen and oxygen atoms in total. The van der Waals surface area contributed by atoms with Gasteiger partial charge in [0.25, 0.3) is 0 Å². The fourth-order valence-electron chi connectivity index (χ4n) is 2.48. The third-order valence-corrected chi connectivity index (χ3v) is 3.38. The number of guanidine groups is 2. The minimum Gasteiger partial charge on any atom is -0.369 e. The highest BCUT2D eigenvalue weighted by molar-refractivity contribution is 6.05. The van der Waals surface area contributed by atoms with Crippen molar-refractivity contribution in [1.82, 2.24) is 0 Å². The van der Waals surface area contributed by atoms with E-state index in [1.165, 1.54) is 18.4 Å². The second-order valence-corrected chi connectivity index (χ2v) is 5.54. The maximum absolute atomic E-state index is 6.04. The van der Waals surface area contributed by atoms with Gasteiger partial charge in [0.05, 0.1) is 0 Å². The summed E-state index contributed by atoms with van der Waals surface area (Å²) in [6, 6.07) is 8.36. The van der Waals surface area contributed by atoms with E-state index in [9.17, 15) is 0 Å². The highest BCUT2D eigenvalue weighted by atomic mass is 15.4. The van der Waals surface area contributed by atoms with Crippen molar-refractivity contribution in [3.8, 4) is 0 Å². The first-order valence-electron chi connectivity index (χ1n) is 7.02. The molecule has 0 saturated heterocycles. The lowest BCUT2D eigenvalue weighted by Crippen LogP contribution is -2.54. The predicted octanol–water partition coefficient (Wildman–Crippen LogP) is 2.21. The molecular formula is C15H23N5. The number of rotatable bonds is 4. The van der Waals surface area contributed by atoms with Crippen LogP contribution in [0.5, 0.6) is 0 Å². The lowest BCUT2D eigenvalue weighted by Gasteiger charge is -2.38. The molecule has 0 radical (unpaired) electrons. The van der Waals surface area contributed by atoms with Crippen molar-refractivity contribution in [3.63, 3.8) is 0 Å². The van der Waals surface area contributed by atoms with Gasteiger partial charge in [-0.15, -0.1) is 0 Å². The van der Waals surface area contributed by atoms with Crippen molar-refractivity contribution in [2.45, 2.75) is 45.7 Å². The van der Waals surface area contributed by atoms with Gasteiger partial charge < -0.3 is 11.5 Å². The van der Waals surface area contributed by atoms with Gasteiger partial charge in [0.1, 0.15) is 5.66 Å². The van der Waals surface area contributed by atoms with E-state index in [-0.39, 0.29) is 5.96 Å². The molecule has 0 spiro atoms. The van der Waals surface area contributed by atoms with Crippen molar-refractivity contribution in [1.29, 1.82) is 0 Å². The average molecular weight is 273 g/mol. The van der Waals surface area contributed by atoms with Gasteiger partial charge in [-0.2, -0.15) is 4.99 Å². The minimum atomic E-state index is -0.528. The molecule has 108 valence electrons. The smallest absolute Gasteiger partial charge is 0.220 e. The third kappa shape index (κ3) is 2.92. The van der Waals surface area contributed by atoms with Crippen LogP contribution in [-0.4, -0.2) is 17.6 Å². The number of nitrogens with two attached hydrogens (primary N) is 2. The Morgan fingerprint density at radius 2 is 2.00 bits per heavy atom. The number of unbranched alkanes of at least 4 members (excludes halogenated alkanes) is 1. The van der Waals surface area contributed by atoms with Crippen LogP contribution >= 0.6 is 0 Å². The predicted molar refractivity (Wildman–Crippen MR) is 84.9 cm³/mol. The van der Waals surface area contributed by atoms with Crippen molar-refractivity contribution < 1.29 is 0 Å². The summed E-state index contributed by atoms with van der Waals surface area (Å²) in [4.78, 5) is 10.4. The number of nitrogens with zero attached hydrogens (tertiary/aromatic N) is 3. The van der Waals surface area contributed by atoms with Crippen LogP contribution in [0, 0.1) is 0 Å². The van der Waals surface area contributed by atoms with Crippen LogP contribution in [0.1, 0.15) is 39.2 Å². The van der Waals surface area contributed by atoms with Crippen molar-refractivity contribution in [3.05, 3.63) is 29.8 Å². The van der Waals surface area contributed by atoms with E-state index in [1.54, 1.807) is 0 Å². The Morgan fingerprint density at radius 1 is 1.25 bits per heavy atom. The van der Waals surface area contributed by atoms with Gasteiger partial charge in [-0.1, -0.05) is 25.5 Å². The summed E-state index contributed by atoms with van der Waals surface area (Å²) >= 11 is 0. The summed E-state index contributed by atoms with van der Waals surface area (Å²) in [5.41, 5.74) is 13.5. The quantitative estimate of drug-likeness (QED) is 0.882. The summed E-state index contributed by atoms with van der Waals surface area (Å²) in [5.74, 6) is 0.612. The lowest BCUT2D eigenvalue weighted by molar-refractivity contribution is 0.533. The summed E-state index contributed by atoms with van der Waals surface area (Å²) in [6.45, 7) is 6.14. The Balaban J connectivity index is 2.33. The molecule has 2 rings (SSSR count). The van der Waals surface area contributed by atoms with E-state index in [0.717, 1.165) is 12.1 Å². The van der Waals surface area contributed by atoms with Gasteiger partial charge in [-0.3, -0.25) is 4.90 Å². The molecule has 1 aromatic rings. The molecule has 0 atom stereocenters. The zero-order valence-electron chi connectivity index (χ0n) is 12.4. The van der Waals surface area contributed by atoms with E-state index >= 15 is 0 Å². The van der Waals surface area contributed by atoms with Gasteiger partial charge in [-0.25, -0.2) is 4.99 Å². The molecule has 0 aromatic heterocycles. The van der Waals surface area contributed by atoms with Gasteiger partial charge in [0, 0.05) is 5.69 Å². The summed E-state index contributed by atoms with van der Waals surface area (Å²) in [5, 5.41) is 0. The SMILES string of the molecule is CCCCc1cccc(N2C(N)=NC(N)=NC2(C)C)c1. The first-order chi connectivity index (χ1) is 9.44. The van der Waals surface area contributed by atoms with Crippen LogP contribution in [0.4, 0.5) is 5.69 Å². The molecule has 4 N–H and O–H groups in total. The molecule has 0 amide bonds. The fourth-order valence-corrected chi connectivity index (χ4v) is 2.48. The molecule has 1 aromatic carbocycles. The zero-order valence-corrected chi connectivity index (χ0v) is 12.4. The highest BCUT2D eigenvalue weighted by Crippen LogP contribution is 2.28. The second-order valence-electron chi connectivity index (χ2n) is 5.54. The Kier molecular flexibility index (Phi) is 3.97. The van der Waals surface area contributed by atoms with E-state index in [0.29, 0.717) is 5.96 Å². The molecule has 0 unspecified atom stereocenters. The first kappa shape index (κ1) is 14.4. The third-order valence-electron chi connectivity index (χ3n) is 3.38. The van der Waals surface area contributed by atoms with Crippen LogP contribution in [-0.2, 0) is 6.42 Å². The van der Waals surface area contributed by atoms with Crippen LogP contribution < -0.4 is 16.4 Å². The molecule has 20 heavy (non-hydrogen) atoms. The average Bonchev–Trinajstić information content (AvgIpc) is 2.34. The van der Waals surface area contributed by atoms with Crippen molar-refractivity contribution in [2.24, 2.45) is 21.5 Å². The molecule has 5 heteroatoms. The largest absolute Gasteiger partial charge is 0.369 e. The molecule has 1 aliphatic heterocycles. The minimum absolute atomic E-state index is 0.228. The van der Waals surface area contributed by atoms with Crippen molar-refractivity contribution >= 4 is 17.6 Å². The van der Waals surface area contributed by atoms with Gasteiger partial charge in [0.2, 0.25) is 11.9 Å². The molecule has 0 bridgehead atoms. The number of hydrogen-bond acceptors (Lipinski definition) is 5. The van der Waals surface area contributed by atoms with E-state index in [4.69, 9.17) is 11.5 Å². The van der Waals surface area contributed by atoms with E-state index < -0.39 is 5.66 Å². The molecule has 0 saturated carbocycles. The second kappa shape index (κ2) is 5.53. The standard InChI is InChI=1S/C15H23N5/c1-4-5-7-11-8-6-9-12(10-11)20-14(17)18-13(16)19-15(20,2)3/h6,8-10H,4-5,7H2,1-3H3,(H4,16,17,18,19). The Bertz CT molecular complexity index is 545. The van der Waals surface area contributed by atoms with Gasteiger partial charge >= 0.3 is 0 Å². The maximum atomic E-state index is 6.04. The number of aryl methyl sites for hydroxylation is 1. The van der Waals surface area contributed by atoms with Gasteiger partial charge in [0.15, 0.2) is 0 Å². The summed E-state index contributed by atoms with van der Waals surface area (Å²) in [6.07, 6.45) is 3.44. The summed E-state index contributed by atoms with van der Waals surface area (Å²) in [7, 11) is 0. The molecule has 0 aliphatic carbocycles. The summed E-state index contributed by atoms with van der Waals surface area (Å²) < 4.78 is 0. The topological polar surface area (TPSA) is 80.0 Å². The van der Waals surface area contributed by atoms with Crippen LogP contribution in [0.15, 0.2) is 34.3 Å². The van der Waals surface area contributed by atoms with Crippen LogP contribution in [0.25, 0.3) is 0 Å². The van der Waals surface area contributed by atoms with Crippen LogP contribution in [0.2, 0.25) is 0 Å². The zero-order chi connectivity index (χ0) is 14.8. The Hall–Kier alpha value is -2.04. The van der Waals surface area contributed by atoms with Crippen LogP contribution in [0.3, 0.4) is 0 Å². The number of anilines is 1. The number of aliphatic imine (C=N–C) groups is 2. The highest BCUT2D eigenvalue weighted by Gasteiger charge is 2.32. The lowest BCUT2D eigenvalue weighted by atomic mass is 10.1. The molecular weight excluding hydrogens is 250 g/mol. The molecule has 1 aliphatic rings. The number of benzene rings is 1. The monoisotopic (exact) mass is 273 g/mol. The molecule has 0 fully saturated rings. The van der Waals surface area contributed by atoms with E-state index in [1.807, 2.05) is 30.9 Å². The Morgan fingerprint density at radius 3 is 2.65 bits per heavy atom. The molecule has 1 heterocycles. The van der Waals surface area contributed by atoms with E-state index in [2.05, 4.69) is 29.0 Å². The fraction of sp³-hybridized carbons (Fsp3) is 0.467. The van der Waals surface area contributed by atoms with Gasteiger partial charge in [-0.05, 0) is 44.4 Å². The van der Waals surface area contributed by atoms with Crippen molar-refractivity contribution in [2.75, 3.05) is 4.90 Å². The normalized spacial score (nSPS) is 17.6. The Labute approximate surface area is 120 Å². The first-order valence-corrected chi connectivity index (χ1v) is 7.02. The number of hydrogen-bond donors (Lipinski definition) is 2.